The standard InChI is InChI=1S/C18H35N5O5/c1-10(2)9-14(16(20)26)23-17(27)13(7-5-6-8-19)22-18(28)15(11(3)24)21-12(4)25/h10-11,13-15,24H,5-9,19H2,1-4H3,(H2,20,26)(H,21,25)(H,22,28)(H,23,27)/t11?,13-,14+,15+/m1/s1. The van der Waals surface area contributed by atoms with Gasteiger partial charge in [0.25, 0.3) is 0 Å². The van der Waals surface area contributed by atoms with E-state index < -0.39 is 47.9 Å². The van der Waals surface area contributed by atoms with E-state index in [0.29, 0.717) is 25.8 Å². The Morgan fingerprint density at radius 2 is 1.50 bits per heavy atom. The molecule has 0 aliphatic carbocycles. The van der Waals surface area contributed by atoms with Crippen molar-refractivity contribution in [1.82, 2.24) is 16.0 Å². The summed E-state index contributed by atoms with van der Waals surface area (Å²) in [7, 11) is 0. The topological polar surface area (TPSA) is 177 Å². The number of primary amides is 1. The minimum absolute atomic E-state index is 0.127. The minimum Gasteiger partial charge on any atom is -0.391 e. The summed E-state index contributed by atoms with van der Waals surface area (Å²) in [5.74, 6) is -2.27. The highest BCUT2D eigenvalue weighted by Crippen LogP contribution is 2.07. The van der Waals surface area contributed by atoms with Crippen molar-refractivity contribution >= 4 is 23.6 Å². The van der Waals surface area contributed by atoms with E-state index in [-0.39, 0.29) is 12.3 Å². The van der Waals surface area contributed by atoms with Crippen LogP contribution in [0.1, 0.15) is 53.4 Å². The van der Waals surface area contributed by atoms with Crippen molar-refractivity contribution in [2.75, 3.05) is 6.54 Å². The third-order valence-electron chi connectivity index (χ3n) is 4.07. The second-order valence-corrected chi connectivity index (χ2v) is 7.36. The molecule has 0 saturated carbocycles. The second-order valence-electron chi connectivity index (χ2n) is 7.36. The summed E-state index contributed by atoms with van der Waals surface area (Å²) in [6, 6.07) is -3.02. The quantitative estimate of drug-likeness (QED) is 0.205. The minimum atomic E-state index is -1.20. The lowest BCUT2D eigenvalue weighted by molar-refractivity contribution is -0.134. The van der Waals surface area contributed by atoms with E-state index in [2.05, 4.69) is 16.0 Å². The average Bonchev–Trinajstić information content (AvgIpc) is 2.57. The molecule has 1 unspecified atom stereocenters. The van der Waals surface area contributed by atoms with Gasteiger partial charge in [-0.05, 0) is 45.1 Å². The first kappa shape index (κ1) is 25.8. The first-order valence-electron chi connectivity index (χ1n) is 9.54. The summed E-state index contributed by atoms with van der Waals surface area (Å²) in [6.07, 6.45) is 0.716. The van der Waals surface area contributed by atoms with E-state index in [1.54, 1.807) is 0 Å². The van der Waals surface area contributed by atoms with Crippen molar-refractivity contribution in [1.29, 1.82) is 0 Å². The van der Waals surface area contributed by atoms with Crippen LogP contribution < -0.4 is 27.4 Å². The molecule has 0 heterocycles. The molecule has 0 aromatic carbocycles. The Hall–Kier alpha value is -2.20. The molecular formula is C18H35N5O5. The van der Waals surface area contributed by atoms with Gasteiger partial charge in [0, 0.05) is 6.92 Å². The van der Waals surface area contributed by atoms with E-state index in [4.69, 9.17) is 11.5 Å². The van der Waals surface area contributed by atoms with Crippen LogP contribution in [0.25, 0.3) is 0 Å². The van der Waals surface area contributed by atoms with Gasteiger partial charge < -0.3 is 32.5 Å². The molecule has 0 saturated heterocycles. The van der Waals surface area contributed by atoms with Crippen LogP contribution in [0.5, 0.6) is 0 Å². The average molecular weight is 402 g/mol. The number of nitrogens with one attached hydrogen (secondary N) is 3. The largest absolute Gasteiger partial charge is 0.391 e. The van der Waals surface area contributed by atoms with Gasteiger partial charge in [0.2, 0.25) is 23.6 Å². The van der Waals surface area contributed by atoms with Crippen LogP contribution in [-0.2, 0) is 19.2 Å². The van der Waals surface area contributed by atoms with E-state index >= 15 is 0 Å². The number of unbranched alkanes of at least 4 members (excludes halogenated alkanes) is 1. The lowest BCUT2D eigenvalue weighted by Crippen LogP contribution is -2.58. The number of aliphatic hydroxyl groups excluding tert-OH is 1. The van der Waals surface area contributed by atoms with E-state index in [1.165, 1.54) is 13.8 Å². The zero-order valence-electron chi connectivity index (χ0n) is 17.2. The van der Waals surface area contributed by atoms with Crippen molar-refractivity contribution in [2.45, 2.75) is 77.6 Å². The number of amides is 4. The fourth-order valence-electron chi connectivity index (χ4n) is 2.64. The van der Waals surface area contributed by atoms with Crippen LogP contribution in [0, 0.1) is 5.92 Å². The maximum absolute atomic E-state index is 12.7. The van der Waals surface area contributed by atoms with Crippen molar-refractivity contribution < 1.29 is 24.3 Å². The van der Waals surface area contributed by atoms with Gasteiger partial charge in [0.1, 0.15) is 18.1 Å². The Bertz CT molecular complexity index is 538. The number of aliphatic hydroxyl groups is 1. The highest BCUT2D eigenvalue weighted by molar-refractivity contribution is 5.94. The highest BCUT2D eigenvalue weighted by atomic mass is 16.3. The summed E-state index contributed by atoms with van der Waals surface area (Å²) >= 11 is 0. The molecule has 8 N–H and O–H groups in total. The van der Waals surface area contributed by atoms with Gasteiger partial charge >= 0.3 is 0 Å². The fraction of sp³-hybridized carbons (Fsp3) is 0.778. The molecule has 0 aromatic heterocycles. The summed E-state index contributed by atoms with van der Waals surface area (Å²) in [5.41, 5.74) is 10.8. The van der Waals surface area contributed by atoms with E-state index in [9.17, 15) is 24.3 Å². The Labute approximate surface area is 166 Å². The Kier molecular flexibility index (Phi) is 12.0. The van der Waals surface area contributed by atoms with Crippen molar-refractivity contribution in [2.24, 2.45) is 17.4 Å². The normalized spacial score (nSPS) is 15.2. The van der Waals surface area contributed by atoms with Crippen molar-refractivity contribution in [3.8, 4) is 0 Å². The number of rotatable bonds is 13. The molecule has 0 bridgehead atoms. The molecule has 0 radical (unpaired) electrons. The number of carbonyl (C=O) groups excluding carboxylic acids is 4. The Morgan fingerprint density at radius 1 is 0.929 bits per heavy atom. The molecule has 0 fully saturated rings. The Morgan fingerprint density at radius 3 is 1.93 bits per heavy atom. The summed E-state index contributed by atoms with van der Waals surface area (Å²) < 4.78 is 0. The third-order valence-corrected chi connectivity index (χ3v) is 4.07. The van der Waals surface area contributed by atoms with Gasteiger partial charge in [-0.25, -0.2) is 0 Å². The number of nitrogens with two attached hydrogens (primary N) is 2. The predicted octanol–water partition coefficient (Wildman–Crippen LogP) is -1.50. The molecule has 28 heavy (non-hydrogen) atoms. The first-order valence-corrected chi connectivity index (χ1v) is 9.54. The lowest BCUT2D eigenvalue weighted by Gasteiger charge is -2.26. The molecule has 10 nitrogen and oxygen atoms in total. The summed E-state index contributed by atoms with van der Waals surface area (Å²) in [5, 5.41) is 17.2. The molecule has 4 atom stereocenters. The van der Waals surface area contributed by atoms with Crippen LogP contribution in [0.15, 0.2) is 0 Å². The lowest BCUT2D eigenvalue weighted by atomic mass is 10.0. The van der Waals surface area contributed by atoms with Gasteiger partial charge in [-0.15, -0.1) is 0 Å². The van der Waals surface area contributed by atoms with Crippen LogP contribution >= 0.6 is 0 Å². The van der Waals surface area contributed by atoms with Crippen molar-refractivity contribution in [3.05, 3.63) is 0 Å². The predicted molar refractivity (Wildman–Crippen MR) is 105 cm³/mol. The van der Waals surface area contributed by atoms with Crippen LogP contribution in [0.4, 0.5) is 0 Å². The maximum atomic E-state index is 12.7. The van der Waals surface area contributed by atoms with E-state index in [1.807, 2.05) is 13.8 Å². The molecular weight excluding hydrogens is 366 g/mol. The number of hydrogen-bond donors (Lipinski definition) is 6. The van der Waals surface area contributed by atoms with E-state index in [0.717, 1.165) is 0 Å². The van der Waals surface area contributed by atoms with Gasteiger partial charge in [0.15, 0.2) is 0 Å². The molecule has 4 amide bonds. The van der Waals surface area contributed by atoms with Crippen LogP contribution in [0.2, 0.25) is 0 Å². The monoisotopic (exact) mass is 401 g/mol. The molecule has 0 aromatic rings. The second kappa shape index (κ2) is 13.1. The van der Waals surface area contributed by atoms with Gasteiger partial charge in [-0.1, -0.05) is 13.8 Å². The smallest absolute Gasteiger partial charge is 0.245 e. The maximum Gasteiger partial charge on any atom is 0.245 e. The number of carbonyl (C=O) groups is 4. The summed E-state index contributed by atoms with van der Waals surface area (Å²) in [4.78, 5) is 48.0. The van der Waals surface area contributed by atoms with Gasteiger partial charge in [0.05, 0.1) is 6.10 Å². The zero-order chi connectivity index (χ0) is 21.9. The van der Waals surface area contributed by atoms with Crippen LogP contribution in [0.3, 0.4) is 0 Å². The fourth-order valence-corrected chi connectivity index (χ4v) is 2.64. The number of hydrogen-bond acceptors (Lipinski definition) is 6. The third kappa shape index (κ3) is 10.2. The van der Waals surface area contributed by atoms with Crippen molar-refractivity contribution in [3.63, 3.8) is 0 Å². The van der Waals surface area contributed by atoms with Gasteiger partial charge in [-0.3, -0.25) is 19.2 Å². The molecule has 10 heteroatoms. The molecule has 0 aliphatic heterocycles. The summed E-state index contributed by atoms with van der Waals surface area (Å²) in [6.45, 7) is 6.79. The molecule has 0 aliphatic rings. The first-order chi connectivity index (χ1) is 13.0. The van der Waals surface area contributed by atoms with Crippen LogP contribution in [-0.4, -0.2) is 59.5 Å². The molecule has 0 rings (SSSR count). The molecule has 162 valence electrons. The highest BCUT2D eigenvalue weighted by Gasteiger charge is 2.30. The van der Waals surface area contributed by atoms with Gasteiger partial charge in [-0.2, -0.15) is 0 Å². The zero-order valence-corrected chi connectivity index (χ0v) is 17.2. The molecule has 0 spiro atoms. The Balaban J connectivity index is 5.27. The SMILES string of the molecule is CC(=O)N[C@H](C(=O)N[C@H](CCCCN)C(=O)N[C@@H](CC(C)C)C(N)=O)C(C)O.